The molecule has 0 radical (unpaired) electrons. The van der Waals surface area contributed by atoms with Crippen LogP contribution in [0.3, 0.4) is 0 Å². The van der Waals surface area contributed by atoms with Crippen LogP contribution in [0.4, 0.5) is 0 Å². The van der Waals surface area contributed by atoms with E-state index in [1.807, 2.05) is 11.9 Å². The molecule has 1 heterocycles. The number of ether oxygens (including phenoxy) is 1. The first-order valence-electron chi connectivity index (χ1n) is 7.12. The van der Waals surface area contributed by atoms with Gasteiger partial charge in [-0.05, 0) is 44.1 Å². The van der Waals surface area contributed by atoms with Gasteiger partial charge >= 0.3 is 0 Å². The molecule has 1 fully saturated rings. The van der Waals surface area contributed by atoms with E-state index in [1.54, 1.807) is 18.2 Å². The van der Waals surface area contributed by atoms with Crippen LogP contribution in [-0.2, 0) is 4.79 Å². The van der Waals surface area contributed by atoms with Crippen molar-refractivity contribution in [1.29, 1.82) is 0 Å². The van der Waals surface area contributed by atoms with Crippen LogP contribution in [0, 0.1) is 0 Å². The third-order valence-corrected chi connectivity index (χ3v) is 4.25. The molecule has 1 aliphatic rings. The topological polar surface area (TPSA) is 41.6 Å². The standard InChI is InChI=1S/C15H20Cl2N2O2.ClH/c1-19(12-4-7-18-8-5-12)15(20)6-9-21-14-3-2-11(16)10-13(14)17;/h2-3,10,12,18H,4-9H2,1H3;1H. The Kier molecular flexibility index (Phi) is 8.33. The van der Waals surface area contributed by atoms with Crippen LogP contribution in [0.15, 0.2) is 18.2 Å². The molecule has 1 saturated heterocycles. The molecule has 0 atom stereocenters. The summed E-state index contributed by atoms with van der Waals surface area (Å²) in [6.07, 6.45) is 2.36. The number of amides is 1. The highest BCUT2D eigenvalue weighted by Crippen LogP contribution is 2.27. The number of nitrogens with zero attached hydrogens (tertiary/aromatic N) is 1. The van der Waals surface area contributed by atoms with Gasteiger partial charge in [0, 0.05) is 18.1 Å². The molecule has 0 saturated carbocycles. The zero-order chi connectivity index (χ0) is 15.2. The Morgan fingerprint density at radius 3 is 2.68 bits per heavy atom. The lowest BCUT2D eigenvalue weighted by Gasteiger charge is -2.31. The lowest BCUT2D eigenvalue weighted by molar-refractivity contribution is -0.132. The van der Waals surface area contributed by atoms with E-state index in [2.05, 4.69) is 5.32 Å². The molecule has 1 amide bonds. The van der Waals surface area contributed by atoms with Crippen LogP contribution in [-0.4, -0.2) is 43.6 Å². The molecule has 22 heavy (non-hydrogen) atoms. The summed E-state index contributed by atoms with van der Waals surface area (Å²) in [4.78, 5) is 14.0. The first-order chi connectivity index (χ1) is 10.1. The molecule has 0 unspecified atom stereocenters. The van der Waals surface area contributed by atoms with E-state index in [0.29, 0.717) is 34.9 Å². The van der Waals surface area contributed by atoms with Gasteiger partial charge in [0.25, 0.3) is 0 Å². The average molecular weight is 368 g/mol. The summed E-state index contributed by atoms with van der Waals surface area (Å²) >= 11 is 11.8. The normalized spacial score (nSPS) is 15.0. The van der Waals surface area contributed by atoms with Crippen molar-refractivity contribution in [2.45, 2.75) is 25.3 Å². The maximum atomic E-state index is 12.1. The first-order valence-corrected chi connectivity index (χ1v) is 7.88. The van der Waals surface area contributed by atoms with Gasteiger partial charge < -0.3 is 15.0 Å². The molecule has 1 aromatic carbocycles. The van der Waals surface area contributed by atoms with Gasteiger partial charge in [0.15, 0.2) is 0 Å². The van der Waals surface area contributed by atoms with Crippen molar-refractivity contribution >= 4 is 41.5 Å². The number of hydrogen-bond donors (Lipinski definition) is 1. The highest BCUT2D eigenvalue weighted by Gasteiger charge is 2.21. The average Bonchev–Trinajstić information content (AvgIpc) is 2.49. The summed E-state index contributed by atoms with van der Waals surface area (Å²) in [6.45, 7) is 2.26. The molecule has 0 spiro atoms. The second kappa shape index (κ2) is 9.46. The third-order valence-electron chi connectivity index (χ3n) is 3.72. The Morgan fingerprint density at radius 2 is 2.05 bits per heavy atom. The van der Waals surface area contributed by atoms with E-state index in [4.69, 9.17) is 27.9 Å². The number of halogens is 3. The monoisotopic (exact) mass is 366 g/mol. The molecule has 0 aliphatic carbocycles. The fourth-order valence-electron chi connectivity index (χ4n) is 2.41. The van der Waals surface area contributed by atoms with Crippen molar-refractivity contribution in [2.75, 3.05) is 26.7 Å². The van der Waals surface area contributed by atoms with Crippen molar-refractivity contribution in [3.63, 3.8) is 0 Å². The van der Waals surface area contributed by atoms with E-state index in [-0.39, 0.29) is 18.3 Å². The first kappa shape index (κ1) is 19.4. The highest BCUT2D eigenvalue weighted by atomic mass is 35.5. The molecule has 1 aliphatic heterocycles. The Balaban J connectivity index is 0.00000242. The van der Waals surface area contributed by atoms with Gasteiger partial charge in [-0.15, -0.1) is 12.4 Å². The van der Waals surface area contributed by atoms with Crippen LogP contribution in [0.5, 0.6) is 5.75 Å². The van der Waals surface area contributed by atoms with Crippen LogP contribution < -0.4 is 10.1 Å². The second-order valence-corrected chi connectivity index (χ2v) is 6.00. The lowest BCUT2D eigenvalue weighted by atomic mass is 10.1. The SMILES string of the molecule is CN(C(=O)CCOc1ccc(Cl)cc1Cl)C1CCNCC1.Cl. The minimum absolute atomic E-state index is 0. The van der Waals surface area contributed by atoms with E-state index in [9.17, 15) is 4.79 Å². The van der Waals surface area contributed by atoms with Crippen molar-refractivity contribution in [1.82, 2.24) is 10.2 Å². The zero-order valence-electron chi connectivity index (χ0n) is 12.5. The summed E-state index contributed by atoms with van der Waals surface area (Å²) in [5, 5.41) is 4.32. The van der Waals surface area contributed by atoms with E-state index >= 15 is 0 Å². The fraction of sp³-hybridized carbons (Fsp3) is 0.533. The van der Waals surface area contributed by atoms with Gasteiger partial charge in [-0.3, -0.25) is 4.79 Å². The van der Waals surface area contributed by atoms with Gasteiger partial charge in [-0.25, -0.2) is 0 Å². The molecule has 1 aromatic rings. The van der Waals surface area contributed by atoms with Crippen LogP contribution in [0.25, 0.3) is 0 Å². The predicted octanol–water partition coefficient (Wildman–Crippen LogP) is 3.39. The number of carbonyl (C=O) groups excluding carboxylic acids is 1. The lowest BCUT2D eigenvalue weighted by Crippen LogP contribution is -2.44. The molecule has 7 heteroatoms. The van der Waals surface area contributed by atoms with Gasteiger partial charge in [0.2, 0.25) is 5.91 Å². The van der Waals surface area contributed by atoms with Crippen molar-refractivity contribution in [3.8, 4) is 5.75 Å². The van der Waals surface area contributed by atoms with E-state index < -0.39 is 0 Å². The van der Waals surface area contributed by atoms with E-state index in [1.165, 1.54) is 0 Å². The Morgan fingerprint density at radius 1 is 1.36 bits per heavy atom. The minimum atomic E-state index is 0. The maximum Gasteiger partial charge on any atom is 0.225 e. The molecular weight excluding hydrogens is 347 g/mol. The van der Waals surface area contributed by atoms with Crippen LogP contribution in [0.1, 0.15) is 19.3 Å². The largest absolute Gasteiger partial charge is 0.491 e. The maximum absolute atomic E-state index is 12.1. The molecule has 0 bridgehead atoms. The van der Waals surface area contributed by atoms with Gasteiger partial charge in [0.1, 0.15) is 5.75 Å². The number of rotatable bonds is 5. The third kappa shape index (κ3) is 5.51. The number of hydrogen-bond acceptors (Lipinski definition) is 3. The Hall–Kier alpha value is -0.680. The van der Waals surface area contributed by atoms with Crippen LogP contribution in [0.2, 0.25) is 10.0 Å². The van der Waals surface area contributed by atoms with Crippen molar-refractivity contribution < 1.29 is 9.53 Å². The molecule has 2 rings (SSSR count). The molecule has 4 nitrogen and oxygen atoms in total. The number of nitrogens with one attached hydrogen (secondary N) is 1. The second-order valence-electron chi connectivity index (χ2n) is 5.16. The van der Waals surface area contributed by atoms with Crippen molar-refractivity contribution in [3.05, 3.63) is 28.2 Å². The van der Waals surface area contributed by atoms with Crippen molar-refractivity contribution in [2.24, 2.45) is 0 Å². The molecule has 1 N–H and O–H groups in total. The summed E-state index contributed by atoms with van der Waals surface area (Å²) in [5.74, 6) is 0.658. The summed E-state index contributed by atoms with van der Waals surface area (Å²) in [7, 11) is 1.87. The number of carbonyl (C=O) groups is 1. The Labute approximate surface area is 147 Å². The summed E-state index contributed by atoms with van der Waals surface area (Å²) in [5.41, 5.74) is 0. The fourth-order valence-corrected chi connectivity index (χ4v) is 2.88. The summed E-state index contributed by atoms with van der Waals surface area (Å²) < 4.78 is 5.55. The predicted molar refractivity (Wildman–Crippen MR) is 92.5 cm³/mol. The molecular formula is C15H21Cl3N2O2. The number of piperidine rings is 1. The molecule has 0 aromatic heterocycles. The highest BCUT2D eigenvalue weighted by molar-refractivity contribution is 6.35. The van der Waals surface area contributed by atoms with Gasteiger partial charge in [0.05, 0.1) is 18.1 Å². The zero-order valence-corrected chi connectivity index (χ0v) is 14.8. The smallest absolute Gasteiger partial charge is 0.225 e. The minimum Gasteiger partial charge on any atom is -0.491 e. The quantitative estimate of drug-likeness (QED) is 0.867. The Bertz CT molecular complexity index is 494. The number of benzene rings is 1. The van der Waals surface area contributed by atoms with E-state index in [0.717, 1.165) is 25.9 Å². The summed E-state index contributed by atoms with van der Waals surface area (Å²) in [6, 6.07) is 5.39. The van der Waals surface area contributed by atoms with Gasteiger partial charge in [-0.2, -0.15) is 0 Å². The van der Waals surface area contributed by atoms with Gasteiger partial charge in [-0.1, -0.05) is 23.2 Å². The van der Waals surface area contributed by atoms with Crippen LogP contribution >= 0.6 is 35.6 Å². The molecule has 124 valence electrons.